The van der Waals surface area contributed by atoms with Crippen molar-refractivity contribution in [3.05, 3.63) is 70.5 Å². The van der Waals surface area contributed by atoms with Gasteiger partial charge in [0.25, 0.3) is 0 Å². The van der Waals surface area contributed by atoms with Crippen LogP contribution in [0.25, 0.3) is 0 Å². The second-order valence-electron chi connectivity index (χ2n) is 4.79. The summed E-state index contributed by atoms with van der Waals surface area (Å²) >= 11 is 0. The lowest BCUT2D eigenvalue weighted by Crippen LogP contribution is -2.24. The maximum absolute atomic E-state index is 13.2. The minimum atomic E-state index is -0.157. The second kappa shape index (κ2) is 4.91. The molecule has 1 aliphatic heterocycles. The van der Waals surface area contributed by atoms with Crippen LogP contribution in [0.5, 0.6) is 0 Å². The van der Waals surface area contributed by atoms with E-state index in [0.717, 1.165) is 31.5 Å². The quantitative estimate of drug-likeness (QED) is 0.852. The lowest BCUT2D eigenvalue weighted by molar-refractivity contribution is 0.625. The summed E-state index contributed by atoms with van der Waals surface area (Å²) in [5.41, 5.74) is 5.18. The molecule has 0 saturated heterocycles. The Balaban J connectivity index is 1.93. The smallest absolute Gasteiger partial charge is 0.123 e. The molecule has 1 heterocycles. The molecule has 92 valence electrons. The summed E-state index contributed by atoms with van der Waals surface area (Å²) in [5, 5.41) is 3.40. The monoisotopic (exact) mass is 241 g/mol. The molecule has 3 rings (SSSR count). The molecule has 2 aromatic carbocycles. The Morgan fingerprint density at radius 2 is 2.00 bits per heavy atom. The number of fused-ring (bicyclic) bond motifs is 1. The van der Waals surface area contributed by atoms with E-state index in [2.05, 4.69) is 23.5 Å². The van der Waals surface area contributed by atoms with E-state index in [1.807, 2.05) is 6.07 Å². The topological polar surface area (TPSA) is 12.0 Å². The van der Waals surface area contributed by atoms with Crippen molar-refractivity contribution in [2.45, 2.75) is 19.4 Å². The summed E-state index contributed by atoms with van der Waals surface area (Å²) in [4.78, 5) is 0. The van der Waals surface area contributed by atoms with Gasteiger partial charge in [-0.05, 0) is 53.8 Å². The highest BCUT2D eigenvalue weighted by Gasteiger charge is 2.12. The van der Waals surface area contributed by atoms with Gasteiger partial charge < -0.3 is 5.32 Å². The van der Waals surface area contributed by atoms with Gasteiger partial charge in [-0.2, -0.15) is 0 Å². The van der Waals surface area contributed by atoms with Gasteiger partial charge in [0.2, 0.25) is 0 Å². The van der Waals surface area contributed by atoms with Crippen LogP contribution in [0.3, 0.4) is 0 Å². The van der Waals surface area contributed by atoms with E-state index in [1.54, 1.807) is 12.1 Å². The molecule has 0 spiro atoms. The number of benzene rings is 2. The van der Waals surface area contributed by atoms with E-state index in [0.29, 0.717) is 0 Å². The van der Waals surface area contributed by atoms with E-state index < -0.39 is 0 Å². The highest BCUT2D eigenvalue weighted by atomic mass is 19.1. The van der Waals surface area contributed by atoms with Crippen LogP contribution in [0.1, 0.15) is 22.3 Å². The molecule has 0 unspecified atom stereocenters. The fourth-order valence-corrected chi connectivity index (χ4v) is 2.62. The van der Waals surface area contributed by atoms with Crippen LogP contribution in [-0.4, -0.2) is 6.54 Å². The van der Waals surface area contributed by atoms with E-state index in [9.17, 15) is 4.39 Å². The third-order valence-electron chi connectivity index (χ3n) is 3.53. The predicted octanol–water partition coefficient (Wildman–Crippen LogP) is 3.06. The lowest BCUT2D eigenvalue weighted by Gasteiger charge is -2.20. The Hall–Kier alpha value is -1.67. The van der Waals surface area contributed by atoms with Gasteiger partial charge in [0.05, 0.1) is 0 Å². The summed E-state index contributed by atoms with van der Waals surface area (Å²) in [6.45, 7) is 1.98. The van der Waals surface area contributed by atoms with Gasteiger partial charge in [-0.1, -0.05) is 30.3 Å². The van der Waals surface area contributed by atoms with E-state index >= 15 is 0 Å². The highest BCUT2D eigenvalue weighted by Crippen LogP contribution is 2.21. The fraction of sp³-hybridized carbons (Fsp3) is 0.250. The van der Waals surface area contributed by atoms with Crippen LogP contribution in [-0.2, 0) is 19.4 Å². The van der Waals surface area contributed by atoms with Crippen molar-refractivity contribution in [3.8, 4) is 0 Å². The van der Waals surface area contributed by atoms with Crippen molar-refractivity contribution in [1.82, 2.24) is 5.32 Å². The zero-order valence-electron chi connectivity index (χ0n) is 10.2. The zero-order valence-corrected chi connectivity index (χ0v) is 10.2. The Labute approximate surface area is 107 Å². The molecule has 0 aromatic heterocycles. The van der Waals surface area contributed by atoms with Crippen molar-refractivity contribution in [2.24, 2.45) is 0 Å². The van der Waals surface area contributed by atoms with Crippen molar-refractivity contribution in [1.29, 1.82) is 0 Å². The molecule has 0 atom stereocenters. The molecule has 0 fully saturated rings. The van der Waals surface area contributed by atoms with Gasteiger partial charge in [0.1, 0.15) is 5.82 Å². The summed E-state index contributed by atoms with van der Waals surface area (Å²) in [5.74, 6) is -0.157. The summed E-state index contributed by atoms with van der Waals surface area (Å²) in [6, 6.07) is 13.3. The molecule has 2 aromatic rings. The first-order chi connectivity index (χ1) is 8.83. The first-order valence-corrected chi connectivity index (χ1v) is 6.38. The highest BCUT2D eigenvalue weighted by molar-refractivity contribution is 5.39. The maximum atomic E-state index is 13.2. The Bertz CT molecular complexity index is 563. The van der Waals surface area contributed by atoms with Crippen molar-refractivity contribution < 1.29 is 4.39 Å². The molecule has 0 radical (unpaired) electrons. The van der Waals surface area contributed by atoms with Crippen LogP contribution in [0, 0.1) is 5.82 Å². The van der Waals surface area contributed by atoms with Gasteiger partial charge in [0, 0.05) is 6.54 Å². The van der Waals surface area contributed by atoms with Crippen LogP contribution in [0.2, 0.25) is 0 Å². The third-order valence-corrected chi connectivity index (χ3v) is 3.53. The predicted molar refractivity (Wildman–Crippen MR) is 71.1 cm³/mol. The zero-order chi connectivity index (χ0) is 12.4. The van der Waals surface area contributed by atoms with Gasteiger partial charge >= 0.3 is 0 Å². The number of nitrogens with one attached hydrogen (secondary N) is 1. The number of rotatable bonds is 2. The average Bonchev–Trinajstić information content (AvgIpc) is 2.39. The normalized spacial score (nSPS) is 14.3. The third kappa shape index (κ3) is 2.29. The van der Waals surface area contributed by atoms with Gasteiger partial charge in [0.15, 0.2) is 0 Å². The molecule has 2 heteroatoms. The summed E-state index contributed by atoms with van der Waals surface area (Å²) in [7, 11) is 0. The molecule has 0 saturated carbocycles. The van der Waals surface area contributed by atoms with Gasteiger partial charge in [-0.3, -0.25) is 0 Å². The molecule has 1 N–H and O–H groups in total. The fourth-order valence-electron chi connectivity index (χ4n) is 2.62. The molecule has 0 amide bonds. The standard InChI is InChI=1S/C16H16FN/c17-15-6-1-3-12(10-15)9-14-5-2-4-13-7-8-18-11-16(13)14/h1-6,10,18H,7-9,11H2. The summed E-state index contributed by atoms with van der Waals surface area (Å²) < 4.78 is 13.2. The van der Waals surface area contributed by atoms with Gasteiger partial charge in [-0.15, -0.1) is 0 Å². The van der Waals surface area contributed by atoms with Crippen molar-refractivity contribution >= 4 is 0 Å². The molecular formula is C16H16FN. The molecule has 0 bridgehead atoms. The van der Waals surface area contributed by atoms with Crippen LogP contribution in [0.15, 0.2) is 42.5 Å². The largest absolute Gasteiger partial charge is 0.312 e. The summed E-state index contributed by atoms with van der Waals surface area (Å²) in [6.07, 6.45) is 1.90. The van der Waals surface area contributed by atoms with Crippen LogP contribution >= 0.6 is 0 Å². The van der Waals surface area contributed by atoms with Gasteiger partial charge in [-0.25, -0.2) is 4.39 Å². The molecule has 1 nitrogen and oxygen atoms in total. The first-order valence-electron chi connectivity index (χ1n) is 6.38. The van der Waals surface area contributed by atoms with Crippen molar-refractivity contribution in [2.75, 3.05) is 6.54 Å². The second-order valence-corrected chi connectivity index (χ2v) is 4.79. The molecule has 18 heavy (non-hydrogen) atoms. The average molecular weight is 241 g/mol. The van der Waals surface area contributed by atoms with E-state index in [1.165, 1.54) is 22.8 Å². The minimum Gasteiger partial charge on any atom is -0.312 e. The number of halogens is 1. The first kappa shape index (κ1) is 11.4. The molecular weight excluding hydrogens is 225 g/mol. The van der Waals surface area contributed by atoms with Crippen molar-refractivity contribution in [3.63, 3.8) is 0 Å². The Kier molecular flexibility index (Phi) is 3.11. The van der Waals surface area contributed by atoms with Crippen LogP contribution in [0.4, 0.5) is 4.39 Å². The molecule has 1 aliphatic rings. The number of hydrogen-bond acceptors (Lipinski definition) is 1. The van der Waals surface area contributed by atoms with E-state index in [4.69, 9.17) is 0 Å². The van der Waals surface area contributed by atoms with Crippen LogP contribution < -0.4 is 5.32 Å². The minimum absolute atomic E-state index is 0.157. The Morgan fingerprint density at radius 1 is 1.11 bits per heavy atom. The SMILES string of the molecule is Fc1cccc(Cc2cccc3c2CNCC3)c1. The lowest BCUT2D eigenvalue weighted by atomic mass is 9.92. The maximum Gasteiger partial charge on any atom is 0.123 e. The van der Waals surface area contributed by atoms with E-state index in [-0.39, 0.29) is 5.82 Å². The Morgan fingerprint density at radius 3 is 2.89 bits per heavy atom. The molecule has 0 aliphatic carbocycles. The number of hydrogen-bond donors (Lipinski definition) is 1.